The van der Waals surface area contributed by atoms with Gasteiger partial charge in [0, 0.05) is 0 Å². The first-order valence-electron chi connectivity index (χ1n) is 5.69. The molecule has 0 heterocycles. The van der Waals surface area contributed by atoms with Gasteiger partial charge in [-0.3, -0.25) is 0 Å². The molecule has 1 unspecified atom stereocenters. The minimum atomic E-state index is -0.837. The fourth-order valence-electron chi connectivity index (χ4n) is 1.81. The molecule has 0 saturated heterocycles. The molecule has 0 aliphatic heterocycles. The van der Waals surface area contributed by atoms with Crippen LogP contribution >= 0.6 is 11.6 Å². The molecule has 0 aromatic heterocycles. The maximum absolute atomic E-state index is 13.4. The molecule has 1 nitrogen and oxygen atoms in total. The van der Waals surface area contributed by atoms with Crippen LogP contribution in [0, 0.1) is 19.7 Å². The SMILES string of the molecule is Cc1ccc(C(O)c2ccc(Cl)c(F)c2)cc1C. The number of hydrogen-bond acceptors (Lipinski definition) is 1. The molecule has 0 fully saturated rings. The van der Waals surface area contributed by atoms with Crippen molar-refractivity contribution in [2.75, 3.05) is 0 Å². The van der Waals surface area contributed by atoms with Gasteiger partial charge in [-0.05, 0) is 48.2 Å². The van der Waals surface area contributed by atoms with E-state index >= 15 is 0 Å². The van der Waals surface area contributed by atoms with E-state index in [9.17, 15) is 9.50 Å². The monoisotopic (exact) mass is 264 g/mol. The van der Waals surface area contributed by atoms with Crippen LogP contribution in [0.5, 0.6) is 0 Å². The second-order valence-electron chi connectivity index (χ2n) is 4.42. The van der Waals surface area contributed by atoms with Crippen molar-refractivity contribution in [3.63, 3.8) is 0 Å². The molecule has 1 atom stereocenters. The lowest BCUT2D eigenvalue weighted by Gasteiger charge is -2.13. The van der Waals surface area contributed by atoms with Crippen molar-refractivity contribution in [3.8, 4) is 0 Å². The van der Waals surface area contributed by atoms with Crippen molar-refractivity contribution in [2.24, 2.45) is 0 Å². The first-order valence-corrected chi connectivity index (χ1v) is 6.07. The van der Waals surface area contributed by atoms with Crippen LogP contribution in [0.1, 0.15) is 28.4 Å². The maximum Gasteiger partial charge on any atom is 0.142 e. The molecule has 94 valence electrons. The molecule has 3 heteroatoms. The number of hydrogen-bond donors (Lipinski definition) is 1. The van der Waals surface area contributed by atoms with Gasteiger partial charge >= 0.3 is 0 Å². The maximum atomic E-state index is 13.4. The van der Waals surface area contributed by atoms with Gasteiger partial charge in [0.1, 0.15) is 11.9 Å². The fraction of sp³-hybridized carbons (Fsp3) is 0.200. The lowest BCUT2D eigenvalue weighted by Crippen LogP contribution is -2.01. The molecule has 0 bridgehead atoms. The van der Waals surface area contributed by atoms with Crippen LogP contribution in [0.4, 0.5) is 4.39 Å². The Labute approximate surface area is 111 Å². The zero-order chi connectivity index (χ0) is 13.3. The molecule has 0 aliphatic rings. The van der Waals surface area contributed by atoms with Crippen molar-refractivity contribution in [3.05, 3.63) is 69.5 Å². The highest BCUT2D eigenvalue weighted by molar-refractivity contribution is 6.30. The molecule has 2 rings (SSSR count). The lowest BCUT2D eigenvalue weighted by atomic mass is 9.98. The van der Waals surface area contributed by atoms with Gasteiger partial charge < -0.3 is 5.11 Å². The van der Waals surface area contributed by atoms with Crippen molar-refractivity contribution < 1.29 is 9.50 Å². The van der Waals surface area contributed by atoms with Crippen molar-refractivity contribution >= 4 is 11.6 Å². The van der Waals surface area contributed by atoms with Gasteiger partial charge in [-0.2, -0.15) is 0 Å². The molecule has 2 aromatic rings. The second kappa shape index (κ2) is 5.09. The highest BCUT2D eigenvalue weighted by Crippen LogP contribution is 2.26. The van der Waals surface area contributed by atoms with E-state index in [1.165, 1.54) is 12.1 Å². The third-order valence-electron chi connectivity index (χ3n) is 3.11. The van der Waals surface area contributed by atoms with Crippen LogP contribution in [0.15, 0.2) is 36.4 Å². The van der Waals surface area contributed by atoms with E-state index in [1.54, 1.807) is 6.07 Å². The van der Waals surface area contributed by atoms with E-state index in [0.717, 1.165) is 16.7 Å². The Bertz CT molecular complexity index is 529. The van der Waals surface area contributed by atoms with Crippen molar-refractivity contribution in [1.29, 1.82) is 0 Å². The van der Waals surface area contributed by atoms with Crippen molar-refractivity contribution in [2.45, 2.75) is 20.0 Å². The van der Waals surface area contributed by atoms with E-state index in [1.807, 2.05) is 32.0 Å². The van der Waals surface area contributed by atoms with E-state index in [2.05, 4.69) is 0 Å². The molecular weight excluding hydrogens is 251 g/mol. The molecule has 0 saturated carbocycles. The first-order chi connectivity index (χ1) is 8.49. The fourth-order valence-corrected chi connectivity index (χ4v) is 1.93. The molecule has 0 amide bonds. The number of aliphatic hydroxyl groups excluding tert-OH is 1. The predicted octanol–water partition coefficient (Wildman–Crippen LogP) is 4.18. The van der Waals surface area contributed by atoms with Gasteiger partial charge in [0.25, 0.3) is 0 Å². The molecule has 1 N–H and O–H groups in total. The lowest BCUT2D eigenvalue weighted by molar-refractivity contribution is 0.219. The Morgan fingerprint density at radius 1 is 1.00 bits per heavy atom. The van der Waals surface area contributed by atoms with Gasteiger partial charge in [-0.25, -0.2) is 4.39 Å². The quantitative estimate of drug-likeness (QED) is 0.863. The van der Waals surface area contributed by atoms with E-state index in [0.29, 0.717) is 5.56 Å². The third kappa shape index (κ3) is 2.55. The molecule has 2 aromatic carbocycles. The minimum absolute atomic E-state index is 0.0611. The summed E-state index contributed by atoms with van der Waals surface area (Å²) in [6.45, 7) is 3.99. The zero-order valence-corrected chi connectivity index (χ0v) is 11.0. The normalized spacial score (nSPS) is 12.5. The van der Waals surface area contributed by atoms with Gasteiger partial charge in [0.2, 0.25) is 0 Å². The number of aryl methyl sites for hydroxylation is 2. The Kier molecular flexibility index (Phi) is 3.69. The Hall–Kier alpha value is -1.38. The number of rotatable bonds is 2. The van der Waals surface area contributed by atoms with Crippen LogP contribution in [0.25, 0.3) is 0 Å². The molecule has 0 radical (unpaired) electrons. The smallest absolute Gasteiger partial charge is 0.142 e. The Morgan fingerprint density at radius 3 is 2.22 bits per heavy atom. The van der Waals surface area contributed by atoms with Gasteiger partial charge in [0.05, 0.1) is 5.02 Å². The van der Waals surface area contributed by atoms with Crippen LogP contribution in [-0.2, 0) is 0 Å². The average Bonchev–Trinajstić information content (AvgIpc) is 2.35. The molecule has 0 aliphatic carbocycles. The summed E-state index contributed by atoms with van der Waals surface area (Å²) in [6.07, 6.45) is -0.837. The largest absolute Gasteiger partial charge is 0.384 e. The summed E-state index contributed by atoms with van der Waals surface area (Å²) in [5.41, 5.74) is 3.51. The standard InChI is InChI=1S/C15H14ClFO/c1-9-3-4-11(7-10(9)2)15(18)12-5-6-13(16)14(17)8-12/h3-8,15,18H,1-2H3. The second-order valence-corrected chi connectivity index (χ2v) is 4.83. The van der Waals surface area contributed by atoms with Gasteiger partial charge in [-0.15, -0.1) is 0 Å². The van der Waals surface area contributed by atoms with E-state index < -0.39 is 11.9 Å². The summed E-state index contributed by atoms with van der Waals surface area (Å²) in [4.78, 5) is 0. The highest BCUT2D eigenvalue weighted by Gasteiger charge is 2.13. The summed E-state index contributed by atoms with van der Waals surface area (Å²) in [5.74, 6) is -0.517. The van der Waals surface area contributed by atoms with Crippen LogP contribution in [-0.4, -0.2) is 5.11 Å². The predicted molar refractivity (Wildman–Crippen MR) is 71.4 cm³/mol. The summed E-state index contributed by atoms with van der Waals surface area (Å²) >= 11 is 5.62. The van der Waals surface area contributed by atoms with E-state index in [-0.39, 0.29) is 5.02 Å². The summed E-state index contributed by atoms with van der Waals surface area (Å²) in [6, 6.07) is 10.1. The third-order valence-corrected chi connectivity index (χ3v) is 3.41. The Balaban J connectivity index is 2.37. The van der Waals surface area contributed by atoms with Crippen LogP contribution in [0.2, 0.25) is 5.02 Å². The van der Waals surface area contributed by atoms with Crippen molar-refractivity contribution in [1.82, 2.24) is 0 Å². The number of halogens is 2. The number of benzene rings is 2. The average molecular weight is 265 g/mol. The van der Waals surface area contributed by atoms with Gasteiger partial charge in [-0.1, -0.05) is 35.9 Å². The topological polar surface area (TPSA) is 20.2 Å². The zero-order valence-electron chi connectivity index (χ0n) is 10.2. The molecule has 0 spiro atoms. The molecular formula is C15H14ClFO. The van der Waals surface area contributed by atoms with Crippen LogP contribution in [0.3, 0.4) is 0 Å². The highest BCUT2D eigenvalue weighted by atomic mass is 35.5. The van der Waals surface area contributed by atoms with Crippen LogP contribution < -0.4 is 0 Å². The van der Waals surface area contributed by atoms with Gasteiger partial charge in [0.15, 0.2) is 0 Å². The van der Waals surface area contributed by atoms with E-state index in [4.69, 9.17) is 11.6 Å². The summed E-state index contributed by atoms with van der Waals surface area (Å²) in [7, 11) is 0. The first kappa shape index (κ1) is 13.1. The summed E-state index contributed by atoms with van der Waals surface area (Å²) in [5, 5.41) is 10.3. The Morgan fingerprint density at radius 2 is 1.61 bits per heavy atom. The summed E-state index contributed by atoms with van der Waals surface area (Å²) < 4.78 is 13.4. The molecule has 18 heavy (non-hydrogen) atoms. The minimum Gasteiger partial charge on any atom is -0.384 e. The number of aliphatic hydroxyl groups is 1.